The Kier molecular flexibility index (Phi) is 6.03. The van der Waals surface area contributed by atoms with Crippen molar-refractivity contribution >= 4 is 28.2 Å². The molecule has 1 amide bonds. The van der Waals surface area contributed by atoms with Crippen LogP contribution < -0.4 is 5.32 Å². The van der Waals surface area contributed by atoms with Crippen LogP contribution in [-0.2, 0) is 9.53 Å². The summed E-state index contributed by atoms with van der Waals surface area (Å²) in [6, 6.07) is 8.60. The molecule has 3 aromatic heterocycles. The monoisotopic (exact) mass is 426 g/mol. The van der Waals surface area contributed by atoms with Gasteiger partial charge >= 0.3 is 0 Å². The number of pyridine rings is 1. The number of anilines is 1. The molecule has 30 heavy (non-hydrogen) atoms. The molecule has 3 aromatic rings. The maximum Gasteiger partial charge on any atom is 0.240 e. The number of carbonyl (C=O) groups excluding carboxylic acids is 2. The highest BCUT2D eigenvalue weighted by Crippen LogP contribution is 2.33. The SMILES string of the molecule is C[C@@H]1CN(CC(=O)Nc2nc(-c3ccco3)c(C(=O)c3ccccn3)s2)C[C@H](C)O1. The minimum atomic E-state index is -0.268. The molecule has 1 aliphatic heterocycles. The van der Waals surface area contributed by atoms with Gasteiger partial charge in [-0.05, 0) is 38.1 Å². The molecule has 0 bridgehead atoms. The second-order valence-corrected chi connectivity index (χ2v) is 8.22. The number of thiazole rings is 1. The van der Waals surface area contributed by atoms with Crippen molar-refractivity contribution in [3.63, 3.8) is 0 Å². The molecule has 1 saturated heterocycles. The molecule has 156 valence electrons. The van der Waals surface area contributed by atoms with E-state index in [-0.39, 0.29) is 30.4 Å². The fourth-order valence-corrected chi connectivity index (χ4v) is 4.43. The Morgan fingerprint density at radius 1 is 1.20 bits per heavy atom. The first kappa shape index (κ1) is 20.4. The fourth-order valence-electron chi connectivity index (χ4n) is 3.50. The molecular formula is C21H22N4O4S. The van der Waals surface area contributed by atoms with Crippen molar-refractivity contribution in [3.8, 4) is 11.5 Å². The fraction of sp³-hybridized carbons (Fsp3) is 0.333. The van der Waals surface area contributed by atoms with Crippen molar-refractivity contribution in [3.05, 3.63) is 53.4 Å². The molecular weight excluding hydrogens is 404 g/mol. The van der Waals surface area contributed by atoms with Crippen LogP contribution in [0.25, 0.3) is 11.5 Å². The Hall–Kier alpha value is -2.88. The highest BCUT2D eigenvalue weighted by atomic mass is 32.1. The molecule has 1 aliphatic rings. The minimum absolute atomic E-state index is 0.0783. The first-order valence-electron chi connectivity index (χ1n) is 9.67. The number of aromatic nitrogens is 2. The molecule has 0 spiro atoms. The van der Waals surface area contributed by atoms with E-state index >= 15 is 0 Å². The number of hydrogen-bond donors (Lipinski definition) is 1. The van der Waals surface area contributed by atoms with E-state index in [0.717, 1.165) is 11.3 Å². The van der Waals surface area contributed by atoms with Gasteiger partial charge in [-0.3, -0.25) is 19.5 Å². The normalized spacial score (nSPS) is 19.5. The third kappa shape index (κ3) is 4.64. The Morgan fingerprint density at radius 3 is 2.67 bits per heavy atom. The van der Waals surface area contributed by atoms with Crippen molar-refractivity contribution in [2.45, 2.75) is 26.1 Å². The van der Waals surface area contributed by atoms with Crippen LogP contribution in [0.1, 0.15) is 29.2 Å². The summed E-state index contributed by atoms with van der Waals surface area (Å²) in [5.41, 5.74) is 0.702. The molecule has 1 N–H and O–H groups in total. The van der Waals surface area contributed by atoms with Gasteiger partial charge in [0, 0.05) is 19.3 Å². The highest BCUT2D eigenvalue weighted by Gasteiger charge is 2.26. The van der Waals surface area contributed by atoms with Crippen molar-refractivity contribution in [1.82, 2.24) is 14.9 Å². The lowest BCUT2D eigenvalue weighted by Gasteiger charge is -2.34. The van der Waals surface area contributed by atoms with Gasteiger partial charge in [0.15, 0.2) is 10.9 Å². The number of hydrogen-bond acceptors (Lipinski definition) is 8. The van der Waals surface area contributed by atoms with Crippen molar-refractivity contribution < 1.29 is 18.7 Å². The average Bonchev–Trinajstić information content (AvgIpc) is 3.37. The van der Waals surface area contributed by atoms with Gasteiger partial charge in [0.2, 0.25) is 11.7 Å². The van der Waals surface area contributed by atoms with Gasteiger partial charge in [-0.1, -0.05) is 17.4 Å². The molecule has 0 unspecified atom stereocenters. The number of nitrogens with one attached hydrogen (secondary N) is 1. The summed E-state index contributed by atoms with van der Waals surface area (Å²) in [5.74, 6) is 0.00515. The molecule has 0 radical (unpaired) electrons. The zero-order valence-electron chi connectivity index (χ0n) is 16.7. The maximum absolute atomic E-state index is 13.0. The standard InChI is InChI=1S/C21H22N4O4S/c1-13-10-25(11-14(2)29-13)12-17(26)23-21-24-18(16-7-5-9-28-16)20(30-21)19(27)15-6-3-4-8-22-15/h3-9,13-14H,10-12H2,1-2H3,(H,23,24,26)/t13-,14+. The third-order valence-corrected chi connectivity index (χ3v) is 5.56. The number of amides is 1. The number of ether oxygens (including phenoxy) is 1. The van der Waals surface area contributed by atoms with Crippen LogP contribution in [-0.4, -0.2) is 58.4 Å². The van der Waals surface area contributed by atoms with Gasteiger partial charge in [0.25, 0.3) is 0 Å². The van der Waals surface area contributed by atoms with Gasteiger partial charge in [0.05, 0.1) is 25.0 Å². The zero-order chi connectivity index (χ0) is 21.1. The van der Waals surface area contributed by atoms with Gasteiger partial charge in [-0.25, -0.2) is 4.98 Å². The number of ketones is 1. The summed E-state index contributed by atoms with van der Waals surface area (Å²) in [6.45, 7) is 5.60. The van der Waals surface area contributed by atoms with E-state index in [1.54, 1.807) is 36.5 Å². The molecule has 8 nitrogen and oxygen atoms in total. The van der Waals surface area contributed by atoms with E-state index < -0.39 is 0 Å². The Labute approximate surface area is 177 Å². The van der Waals surface area contributed by atoms with Crippen molar-refractivity contribution in [2.75, 3.05) is 25.0 Å². The van der Waals surface area contributed by atoms with Crippen LogP contribution in [0.15, 0.2) is 47.2 Å². The quantitative estimate of drug-likeness (QED) is 0.605. The second kappa shape index (κ2) is 8.86. The average molecular weight is 426 g/mol. The van der Waals surface area contributed by atoms with Gasteiger partial charge in [-0.2, -0.15) is 0 Å². The summed E-state index contributed by atoms with van der Waals surface area (Å²) >= 11 is 1.12. The predicted octanol–water partition coefficient (Wildman–Crippen LogP) is 3.08. The van der Waals surface area contributed by atoms with Crippen LogP contribution in [0.3, 0.4) is 0 Å². The van der Waals surface area contributed by atoms with Crippen LogP contribution in [0.4, 0.5) is 5.13 Å². The molecule has 9 heteroatoms. The van der Waals surface area contributed by atoms with Gasteiger partial charge in [-0.15, -0.1) is 0 Å². The van der Waals surface area contributed by atoms with Crippen molar-refractivity contribution in [1.29, 1.82) is 0 Å². The lowest BCUT2D eigenvalue weighted by molar-refractivity contribution is -0.121. The smallest absolute Gasteiger partial charge is 0.240 e. The number of rotatable bonds is 6. The predicted molar refractivity (Wildman–Crippen MR) is 113 cm³/mol. The number of furan rings is 1. The third-order valence-electron chi connectivity index (χ3n) is 4.59. The van der Waals surface area contributed by atoms with E-state index in [1.165, 1.54) is 6.26 Å². The van der Waals surface area contributed by atoms with E-state index in [0.29, 0.717) is 40.2 Å². The van der Waals surface area contributed by atoms with Crippen LogP contribution in [0.5, 0.6) is 0 Å². The number of carbonyl (C=O) groups is 2. The van der Waals surface area contributed by atoms with Crippen LogP contribution in [0, 0.1) is 0 Å². The van der Waals surface area contributed by atoms with E-state index in [1.807, 2.05) is 13.8 Å². The number of morpholine rings is 1. The first-order chi connectivity index (χ1) is 14.5. The van der Waals surface area contributed by atoms with Crippen molar-refractivity contribution in [2.24, 2.45) is 0 Å². The van der Waals surface area contributed by atoms with Crippen LogP contribution in [0.2, 0.25) is 0 Å². The molecule has 4 heterocycles. The Bertz CT molecular complexity index is 1010. The summed E-state index contributed by atoms with van der Waals surface area (Å²) in [6.07, 6.45) is 3.24. The summed E-state index contributed by atoms with van der Waals surface area (Å²) in [5, 5.41) is 3.17. The Morgan fingerprint density at radius 2 is 2.00 bits per heavy atom. The Balaban J connectivity index is 1.54. The van der Waals surface area contributed by atoms with Gasteiger partial charge in [0.1, 0.15) is 16.3 Å². The largest absolute Gasteiger partial charge is 0.463 e. The van der Waals surface area contributed by atoms with E-state index in [2.05, 4.69) is 20.2 Å². The lowest BCUT2D eigenvalue weighted by atomic mass is 10.1. The summed E-state index contributed by atoms with van der Waals surface area (Å²) < 4.78 is 11.2. The van der Waals surface area contributed by atoms with E-state index in [9.17, 15) is 9.59 Å². The van der Waals surface area contributed by atoms with Crippen LogP contribution >= 0.6 is 11.3 Å². The number of nitrogens with zero attached hydrogens (tertiary/aromatic N) is 3. The highest BCUT2D eigenvalue weighted by molar-refractivity contribution is 7.18. The molecule has 1 fully saturated rings. The topological polar surface area (TPSA) is 97.6 Å². The van der Waals surface area contributed by atoms with Gasteiger partial charge < -0.3 is 14.5 Å². The molecule has 2 atom stereocenters. The molecule has 0 saturated carbocycles. The summed E-state index contributed by atoms with van der Waals surface area (Å²) in [7, 11) is 0. The zero-order valence-corrected chi connectivity index (χ0v) is 17.5. The first-order valence-corrected chi connectivity index (χ1v) is 10.5. The second-order valence-electron chi connectivity index (χ2n) is 7.22. The van der Waals surface area contributed by atoms with E-state index in [4.69, 9.17) is 9.15 Å². The maximum atomic E-state index is 13.0. The summed E-state index contributed by atoms with van der Waals surface area (Å²) in [4.78, 5) is 36.6. The molecule has 4 rings (SSSR count). The molecule has 0 aromatic carbocycles. The minimum Gasteiger partial charge on any atom is -0.463 e. The molecule has 0 aliphatic carbocycles. The lowest BCUT2D eigenvalue weighted by Crippen LogP contribution is -2.48.